The lowest BCUT2D eigenvalue weighted by atomic mass is 10.2. The summed E-state index contributed by atoms with van der Waals surface area (Å²) in [4.78, 5) is 4.13. The first-order valence-corrected chi connectivity index (χ1v) is 5.55. The molecule has 1 heterocycles. The summed E-state index contributed by atoms with van der Waals surface area (Å²) in [7, 11) is 1.60. The van der Waals surface area contributed by atoms with Crippen molar-refractivity contribution in [2.24, 2.45) is 0 Å². The molecule has 0 atom stereocenters. The molecular weight excluding hydrogens is 226 g/mol. The molecule has 1 aromatic heterocycles. The van der Waals surface area contributed by atoms with Crippen molar-refractivity contribution in [2.45, 2.75) is 6.54 Å². The van der Waals surface area contributed by atoms with E-state index in [1.54, 1.807) is 19.4 Å². The minimum Gasteiger partial charge on any atom is -0.481 e. The third-order valence-corrected chi connectivity index (χ3v) is 2.52. The van der Waals surface area contributed by atoms with Crippen LogP contribution in [0, 0.1) is 11.3 Å². The molecule has 0 aliphatic carbocycles. The maximum Gasteiger partial charge on any atom is 0.218 e. The predicted molar refractivity (Wildman–Crippen MR) is 69.3 cm³/mol. The van der Waals surface area contributed by atoms with Gasteiger partial charge < -0.3 is 10.1 Å². The van der Waals surface area contributed by atoms with Crippen LogP contribution >= 0.6 is 0 Å². The van der Waals surface area contributed by atoms with Gasteiger partial charge in [0.15, 0.2) is 0 Å². The van der Waals surface area contributed by atoms with Crippen LogP contribution in [0.15, 0.2) is 42.6 Å². The number of hydrogen-bond acceptors (Lipinski definition) is 4. The van der Waals surface area contributed by atoms with Crippen LogP contribution < -0.4 is 10.1 Å². The summed E-state index contributed by atoms with van der Waals surface area (Å²) in [5, 5.41) is 12.1. The van der Waals surface area contributed by atoms with Gasteiger partial charge in [-0.15, -0.1) is 0 Å². The molecule has 1 aromatic carbocycles. The molecule has 2 rings (SSSR count). The van der Waals surface area contributed by atoms with E-state index in [2.05, 4.69) is 16.4 Å². The fourth-order valence-corrected chi connectivity index (χ4v) is 1.64. The highest BCUT2D eigenvalue weighted by atomic mass is 16.5. The molecule has 0 spiro atoms. The average Bonchev–Trinajstić information content (AvgIpc) is 2.45. The molecule has 18 heavy (non-hydrogen) atoms. The molecule has 0 radical (unpaired) electrons. The van der Waals surface area contributed by atoms with Crippen LogP contribution in [0.25, 0.3) is 0 Å². The zero-order valence-corrected chi connectivity index (χ0v) is 10.1. The van der Waals surface area contributed by atoms with Gasteiger partial charge in [-0.25, -0.2) is 4.98 Å². The Kier molecular flexibility index (Phi) is 3.77. The second kappa shape index (κ2) is 5.69. The topological polar surface area (TPSA) is 57.9 Å². The molecule has 90 valence electrons. The van der Waals surface area contributed by atoms with Gasteiger partial charge in [-0.1, -0.05) is 12.1 Å². The number of benzene rings is 1. The summed E-state index contributed by atoms with van der Waals surface area (Å²) in [6.07, 6.45) is 1.69. The molecule has 0 bridgehead atoms. The van der Waals surface area contributed by atoms with Gasteiger partial charge in [0, 0.05) is 24.0 Å². The van der Waals surface area contributed by atoms with Crippen LogP contribution in [0.1, 0.15) is 11.1 Å². The van der Waals surface area contributed by atoms with Gasteiger partial charge in [0.05, 0.1) is 18.7 Å². The van der Waals surface area contributed by atoms with E-state index in [1.807, 2.05) is 30.3 Å². The first kappa shape index (κ1) is 11.9. The van der Waals surface area contributed by atoms with Gasteiger partial charge >= 0.3 is 0 Å². The summed E-state index contributed by atoms with van der Waals surface area (Å²) < 4.78 is 5.18. The standard InChI is InChI=1S/C14H13N3O/c1-18-14-12(5-3-7-16-14)10-17-13-6-2-4-11(8-13)9-15/h2-8,17H,10H2,1H3. The number of nitrogens with one attached hydrogen (secondary N) is 1. The van der Waals surface area contributed by atoms with Crippen LogP contribution in [-0.4, -0.2) is 12.1 Å². The van der Waals surface area contributed by atoms with Crippen molar-refractivity contribution in [3.05, 3.63) is 53.7 Å². The number of methoxy groups -OCH3 is 1. The quantitative estimate of drug-likeness (QED) is 0.890. The molecule has 0 saturated heterocycles. The summed E-state index contributed by atoms with van der Waals surface area (Å²) in [6.45, 7) is 0.603. The number of pyridine rings is 1. The van der Waals surface area contributed by atoms with E-state index in [4.69, 9.17) is 10.00 Å². The normalized spacial score (nSPS) is 9.56. The van der Waals surface area contributed by atoms with Gasteiger partial charge in [0.1, 0.15) is 0 Å². The third kappa shape index (κ3) is 2.77. The summed E-state index contributed by atoms with van der Waals surface area (Å²) >= 11 is 0. The number of aromatic nitrogens is 1. The summed E-state index contributed by atoms with van der Waals surface area (Å²) in [6, 6.07) is 13.3. The number of ether oxygens (including phenoxy) is 1. The zero-order valence-electron chi connectivity index (χ0n) is 10.1. The number of nitrogens with zero attached hydrogens (tertiary/aromatic N) is 2. The first-order chi connectivity index (χ1) is 8.83. The number of nitriles is 1. The average molecular weight is 239 g/mol. The molecule has 0 unspecified atom stereocenters. The molecule has 1 N–H and O–H groups in total. The molecular formula is C14H13N3O. The minimum absolute atomic E-state index is 0.603. The van der Waals surface area contributed by atoms with E-state index in [1.165, 1.54) is 0 Å². The van der Waals surface area contributed by atoms with Gasteiger partial charge in [-0.3, -0.25) is 0 Å². The molecule has 0 fully saturated rings. The fraction of sp³-hybridized carbons (Fsp3) is 0.143. The molecule has 4 nitrogen and oxygen atoms in total. The lowest BCUT2D eigenvalue weighted by molar-refractivity contribution is 0.393. The van der Waals surface area contributed by atoms with Crippen molar-refractivity contribution in [1.82, 2.24) is 4.98 Å². The monoisotopic (exact) mass is 239 g/mol. The predicted octanol–water partition coefficient (Wildman–Crippen LogP) is 2.57. The number of anilines is 1. The van der Waals surface area contributed by atoms with E-state index < -0.39 is 0 Å². The van der Waals surface area contributed by atoms with Gasteiger partial charge in [-0.2, -0.15) is 5.26 Å². The molecule has 0 aliphatic heterocycles. The summed E-state index contributed by atoms with van der Waals surface area (Å²) in [5.41, 5.74) is 2.51. The van der Waals surface area contributed by atoms with Crippen LogP contribution in [0.2, 0.25) is 0 Å². The number of rotatable bonds is 4. The Morgan fingerprint density at radius 3 is 3.00 bits per heavy atom. The van der Waals surface area contributed by atoms with E-state index >= 15 is 0 Å². The molecule has 4 heteroatoms. The Labute approximate surface area is 106 Å². The Bertz CT molecular complexity index is 575. The maximum atomic E-state index is 8.82. The van der Waals surface area contributed by atoms with E-state index in [9.17, 15) is 0 Å². The maximum absolute atomic E-state index is 8.82. The molecule has 0 aliphatic rings. The van der Waals surface area contributed by atoms with Crippen molar-refractivity contribution in [3.8, 4) is 11.9 Å². The minimum atomic E-state index is 0.603. The highest BCUT2D eigenvalue weighted by Crippen LogP contribution is 2.16. The van der Waals surface area contributed by atoms with Crippen LogP contribution in [0.5, 0.6) is 5.88 Å². The van der Waals surface area contributed by atoms with Crippen LogP contribution in [-0.2, 0) is 6.54 Å². The lowest BCUT2D eigenvalue weighted by Gasteiger charge is -2.09. The molecule has 2 aromatic rings. The van der Waals surface area contributed by atoms with Gasteiger partial charge in [0.2, 0.25) is 5.88 Å². The lowest BCUT2D eigenvalue weighted by Crippen LogP contribution is -2.02. The Balaban J connectivity index is 2.09. The highest BCUT2D eigenvalue weighted by Gasteiger charge is 2.02. The highest BCUT2D eigenvalue weighted by molar-refractivity contribution is 5.49. The molecule has 0 amide bonds. The second-order valence-electron chi connectivity index (χ2n) is 3.72. The van der Waals surface area contributed by atoms with E-state index in [0.29, 0.717) is 18.0 Å². The van der Waals surface area contributed by atoms with Crippen LogP contribution in [0.3, 0.4) is 0 Å². The SMILES string of the molecule is COc1ncccc1CNc1cccc(C#N)c1. The van der Waals surface area contributed by atoms with Crippen molar-refractivity contribution < 1.29 is 4.74 Å². The molecule has 0 saturated carbocycles. The largest absolute Gasteiger partial charge is 0.481 e. The van der Waals surface area contributed by atoms with Gasteiger partial charge in [-0.05, 0) is 24.3 Å². The van der Waals surface area contributed by atoms with Crippen molar-refractivity contribution in [1.29, 1.82) is 5.26 Å². The third-order valence-electron chi connectivity index (χ3n) is 2.52. The van der Waals surface area contributed by atoms with E-state index in [-0.39, 0.29) is 0 Å². The Morgan fingerprint density at radius 1 is 1.33 bits per heavy atom. The van der Waals surface area contributed by atoms with E-state index in [0.717, 1.165) is 11.3 Å². The zero-order chi connectivity index (χ0) is 12.8. The first-order valence-electron chi connectivity index (χ1n) is 5.55. The van der Waals surface area contributed by atoms with Crippen molar-refractivity contribution in [3.63, 3.8) is 0 Å². The van der Waals surface area contributed by atoms with Gasteiger partial charge in [0.25, 0.3) is 0 Å². The number of hydrogen-bond donors (Lipinski definition) is 1. The second-order valence-corrected chi connectivity index (χ2v) is 3.72. The Morgan fingerprint density at radius 2 is 2.22 bits per heavy atom. The summed E-state index contributed by atoms with van der Waals surface area (Å²) in [5.74, 6) is 0.612. The van der Waals surface area contributed by atoms with Crippen molar-refractivity contribution in [2.75, 3.05) is 12.4 Å². The van der Waals surface area contributed by atoms with Crippen molar-refractivity contribution >= 4 is 5.69 Å². The smallest absolute Gasteiger partial charge is 0.218 e. The fourth-order valence-electron chi connectivity index (χ4n) is 1.64. The Hall–Kier alpha value is -2.54. The van der Waals surface area contributed by atoms with Crippen LogP contribution in [0.4, 0.5) is 5.69 Å².